The Morgan fingerprint density at radius 2 is 2.26 bits per heavy atom. The van der Waals surface area contributed by atoms with Gasteiger partial charge in [0.05, 0.1) is 19.7 Å². The van der Waals surface area contributed by atoms with Gasteiger partial charge in [0, 0.05) is 38.9 Å². The number of aromatic nitrogens is 2. The summed E-state index contributed by atoms with van der Waals surface area (Å²) in [6, 6.07) is 0. The molecule has 108 valence electrons. The van der Waals surface area contributed by atoms with Crippen molar-refractivity contribution in [2.24, 2.45) is 7.05 Å². The maximum atomic E-state index is 11.8. The van der Waals surface area contributed by atoms with Crippen molar-refractivity contribution in [2.45, 2.75) is 13.0 Å². The summed E-state index contributed by atoms with van der Waals surface area (Å²) < 4.78 is 33.2. The van der Waals surface area contributed by atoms with Crippen LogP contribution < -0.4 is 4.72 Å². The molecule has 1 aromatic rings. The summed E-state index contributed by atoms with van der Waals surface area (Å²) >= 11 is 0. The molecule has 19 heavy (non-hydrogen) atoms. The molecule has 0 unspecified atom stereocenters. The van der Waals surface area contributed by atoms with Crippen LogP contribution in [0.4, 0.5) is 0 Å². The summed E-state index contributed by atoms with van der Waals surface area (Å²) in [5, 5.41) is 3.94. The third-order valence-corrected chi connectivity index (χ3v) is 4.00. The number of ether oxygens (including phenoxy) is 1. The van der Waals surface area contributed by atoms with Crippen molar-refractivity contribution in [2.75, 3.05) is 20.7 Å². The molecule has 0 amide bonds. The van der Waals surface area contributed by atoms with E-state index in [0.717, 1.165) is 9.87 Å². The molecule has 1 heterocycles. The summed E-state index contributed by atoms with van der Waals surface area (Å²) in [5.74, 6) is -0.450. The second kappa shape index (κ2) is 6.64. The van der Waals surface area contributed by atoms with E-state index in [9.17, 15) is 13.2 Å². The number of esters is 1. The molecular formula is C10H18N4O4S. The molecule has 1 rings (SSSR count). The highest BCUT2D eigenvalue weighted by molar-refractivity contribution is 7.87. The lowest BCUT2D eigenvalue weighted by Gasteiger charge is -2.16. The minimum absolute atomic E-state index is 0.0147. The lowest BCUT2D eigenvalue weighted by molar-refractivity contribution is -0.140. The van der Waals surface area contributed by atoms with E-state index >= 15 is 0 Å². The predicted octanol–water partition coefficient (Wildman–Crippen LogP) is -0.751. The maximum Gasteiger partial charge on any atom is 0.306 e. The molecule has 0 spiro atoms. The van der Waals surface area contributed by atoms with Crippen molar-refractivity contribution in [3.8, 4) is 0 Å². The Bertz CT molecular complexity index is 525. The number of carbonyl (C=O) groups is 1. The zero-order valence-electron chi connectivity index (χ0n) is 11.2. The summed E-state index contributed by atoms with van der Waals surface area (Å²) in [4.78, 5) is 11.0. The lowest BCUT2D eigenvalue weighted by atomic mass is 10.4. The molecule has 0 fully saturated rings. The van der Waals surface area contributed by atoms with E-state index in [1.54, 1.807) is 24.1 Å². The first-order valence-corrected chi connectivity index (χ1v) is 7.04. The standard InChI is InChI=1S/C10H18N4O4S/c1-13-8-9(6-11-13)7-12-19(16,17)14(2)5-4-10(15)18-3/h6,8,12H,4-5,7H2,1-3H3. The van der Waals surface area contributed by atoms with Gasteiger partial charge in [-0.2, -0.15) is 22.5 Å². The summed E-state index contributed by atoms with van der Waals surface area (Å²) in [5.41, 5.74) is 0.757. The highest BCUT2D eigenvalue weighted by Gasteiger charge is 2.18. The van der Waals surface area contributed by atoms with Crippen LogP contribution in [-0.4, -0.2) is 49.2 Å². The number of hydrogen-bond donors (Lipinski definition) is 1. The van der Waals surface area contributed by atoms with Crippen LogP contribution in [0, 0.1) is 0 Å². The highest BCUT2D eigenvalue weighted by Crippen LogP contribution is 2.01. The molecule has 0 aromatic carbocycles. The zero-order chi connectivity index (χ0) is 14.5. The van der Waals surface area contributed by atoms with Crippen molar-refractivity contribution in [3.63, 3.8) is 0 Å². The number of nitrogens with one attached hydrogen (secondary N) is 1. The van der Waals surface area contributed by atoms with E-state index in [1.807, 2.05) is 0 Å². The van der Waals surface area contributed by atoms with Crippen molar-refractivity contribution in [1.82, 2.24) is 18.8 Å². The molecule has 9 heteroatoms. The Morgan fingerprint density at radius 3 is 2.79 bits per heavy atom. The van der Waals surface area contributed by atoms with Gasteiger partial charge in [0.15, 0.2) is 0 Å². The van der Waals surface area contributed by atoms with Gasteiger partial charge >= 0.3 is 5.97 Å². The van der Waals surface area contributed by atoms with Crippen LogP contribution in [-0.2, 0) is 33.3 Å². The van der Waals surface area contributed by atoms with Gasteiger partial charge in [-0.05, 0) is 0 Å². The van der Waals surface area contributed by atoms with Crippen LogP contribution in [0.15, 0.2) is 12.4 Å². The molecule has 1 aromatic heterocycles. The molecule has 0 saturated carbocycles. The number of aryl methyl sites for hydroxylation is 1. The molecule has 0 aliphatic carbocycles. The minimum atomic E-state index is -3.61. The topological polar surface area (TPSA) is 93.5 Å². The van der Waals surface area contributed by atoms with Crippen molar-refractivity contribution < 1.29 is 17.9 Å². The van der Waals surface area contributed by atoms with E-state index < -0.39 is 16.2 Å². The van der Waals surface area contributed by atoms with Gasteiger partial charge in [-0.25, -0.2) is 0 Å². The molecule has 0 aliphatic rings. The molecule has 0 radical (unpaired) electrons. The van der Waals surface area contributed by atoms with Crippen LogP contribution in [0.5, 0.6) is 0 Å². The van der Waals surface area contributed by atoms with E-state index in [-0.39, 0.29) is 19.5 Å². The van der Waals surface area contributed by atoms with Gasteiger partial charge in [-0.3, -0.25) is 9.48 Å². The summed E-state index contributed by atoms with van der Waals surface area (Å²) in [6.45, 7) is 0.216. The number of methoxy groups -OCH3 is 1. The average molecular weight is 290 g/mol. The van der Waals surface area contributed by atoms with Crippen LogP contribution in [0.2, 0.25) is 0 Å². The van der Waals surface area contributed by atoms with Crippen molar-refractivity contribution >= 4 is 16.2 Å². The van der Waals surface area contributed by atoms with Crippen LogP contribution in [0.3, 0.4) is 0 Å². The maximum absolute atomic E-state index is 11.8. The SMILES string of the molecule is COC(=O)CCN(C)S(=O)(=O)NCc1cnn(C)c1. The van der Waals surface area contributed by atoms with Gasteiger partial charge in [-0.15, -0.1) is 0 Å². The fourth-order valence-electron chi connectivity index (χ4n) is 1.32. The molecule has 1 N–H and O–H groups in total. The second-order valence-corrected chi connectivity index (χ2v) is 5.86. The predicted molar refractivity (Wildman–Crippen MR) is 68.2 cm³/mol. The monoisotopic (exact) mass is 290 g/mol. The third kappa shape index (κ3) is 4.97. The lowest BCUT2D eigenvalue weighted by Crippen LogP contribution is -2.38. The Morgan fingerprint density at radius 1 is 1.58 bits per heavy atom. The molecule has 0 aliphatic heterocycles. The number of nitrogens with zero attached hydrogens (tertiary/aromatic N) is 3. The first kappa shape index (κ1) is 15.6. The number of carbonyl (C=O) groups excluding carboxylic acids is 1. The minimum Gasteiger partial charge on any atom is -0.469 e. The van der Waals surface area contributed by atoms with Crippen LogP contribution >= 0.6 is 0 Å². The fourth-order valence-corrected chi connectivity index (χ4v) is 2.22. The number of hydrogen-bond acceptors (Lipinski definition) is 5. The summed E-state index contributed by atoms with van der Waals surface area (Å²) in [7, 11) is 0.795. The van der Waals surface area contributed by atoms with Gasteiger partial charge in [-0.1, -0.05) is 0 Å². The molecule has 0 saturated heterocycles. The smallest absolute Gasteiger partial charge is 0.306 e. The van der Waals surface area contributed by atoms with E-state index in [4.69, 9.17) is 0 Å². The van der Waals surface area contributed by atoms with Gasteiger partial charge in [0.2, 0.25) is 0 Å². The largest absolute Gasteiger partial charge is 0.469 e. The molecule has 0 atom stereocenters. The van der Waals surface area contributed by atoms with Gasteiger partial charge in [0.1, 0.15) is 0 Å². The van der Waals surface area contributed by atoms with Crippen LogP contribution in [0.25, 0.3) is 0 Å². The normalized spacial score (nSPS) is 11.8. The Hall–Kier alpha value is -1.45. The van der Waals surface area contributed by atoms with E-state index in [0.29, 0.717) is 0 Å². The zero-order valence-corrected chi connectivity index (χ0v) is 12.0. The Kier molecular flexibility index (Phi) is 5.45. The van der Waals surface area contributed by atoms with Crippen LogP contribution in [0.1, 0.15) is 12.0 Å². The third-order valence-electron chi connectivity index (χ3n) is 2.49. The Labute approximate surface area is 112 Å². The van der Waals surface area contributed by atoms with Crippen molar-refractivity contribution in [1.29, 1.82) is 0 Å². The highest BCUT2D eigenvalue weighted by atomic mass is 32.2. The summed E-state index contributed by atoms with van der Waals surface area (Å²) in [6.07, 6.45) is 3.31. The van der Waals surface area contributed by atoms with Gasteiger partial charge < -0.3 is 4.74 Å². The molecule has 0 bridgehead atoms. The second-order valence-electron chi connectivity index (χ2n) is 4.00. The van der Waals surface area contributed by atoms with Gasteiger partial charge in [0.25, 0.3) is 10.2 Å². The first-order valence-electron chi connectivity index (χ1n) is 5.60. The quantitative estimate of drug-likeness (QED) is 0.667. The van der Waals surface area contributed by atoms with E-state index in [1.165, 1.54) is 14.2 Å². The molecule has 8 nitrogen and oxygen atoms in total. The van der Waals surface area contributed by atoms with Crippen molar-refractivity contribution in [3.05, 3.63) is 18.0 Å². The number of rotatable bonds is 7. The first-order chi connectivity index (χ1) is 8.85. The Balaban J connectivity index is 2.48. The molecular weight excluding hydrogens is 272 g/mol. The fraction of sp³-hybridized carbons (Fsp3) is 0.600. The average Bonchev–Trinajstić information content (AvgIpc) is 2.79. The van der Waals surface area contributed by atoms with E-state index in [2.05, 4.69) is 14.6 Å².